The molecular weight excluding hydrogens is 345 g/mol. The zero-order valence-electron chi connectivity index (χ0n) is 9.37. The van der Waals surface area contributed by atoms with Gasteiger partial charge in [-0.3, -0.25) is 4.79 Å². The van der Waals surface area contributed by atoms with E-state index in [4.69, 9.17) is 0 Å². The molecule has 17 heavy (non-hydrogen) atoms. The number of hydrogen-bond acceptors (Lipinski definition) is 2. The number of rotatable bonds is 3. The van der Waals surface area contributed by atoms with Gasteiger partial charge in [-0.1, -0.05) is 29.8 Å². The van der Waals surface area contributed by atoms with E-state index < -0.39 is 0 Å². The molecule has 0 spiro atoms. The van der Waals surface area contributed by atoms with Gasteiger partial charge in [-0.05, 0) is 41.1 Å². The molecule has 2 nitrogen and oxygen atoms in total. The molecule has 1 N–H and O–H groups in total. The lowest BCUT2D eigenvalue weighted by Crippen LogP contribution is -2.22. The smallest absolute Gasteiger partial charge is 0.252 e. The Labute approximate surface area is 118 Å². The summed E-state index contributed by atoms with van der Waals surface area (Å²) in [5, 5.41) is 4.80. The van der Waals surface area contributed by atoms with Crippen LogP contribution in [0.1, 0.15) is 21.5 Å². The van der Waals surface area contributed by atoms with Gasteiger partial charge < -0.3 is 5.32 Å². The van der Waals surface area contributed by atoms with Crippen LogP contribution in [0.15, 0.2) is 35.7 Å². The predicted molar refractivity (Wildman–Crippen MR) is 79.4 cm³/mol. The molecule has 0 radical (unpaired) electrons. The van der Waals surface area contributed by atoms with Crippen molar-refractivity contribution < 1.29 is 4.79 Å². The van der Waals surface area contributed by atoms with Crippen LogP contribution in [0.5, 0.6) is 0 Å². The highest BCUT2D eigenvalue weighted by Crippen LogP contribution is 2.16. The first-order chi connectivity index (χ1) is 8.15. The van der Waals surface area contributed by atoms with Crippen LogP contribution in [-0.2, 0) is 6.54 Å². The molecule has 1 heterocycles. The van der Waals surface area contributed by atoms with E-state index in [1.807, 2.05) is 36.6 Å². The van der Waals surface area contributed by atoms with E-state index in [9.17, 15) is 4.79 Å². The van der Waals surface area contributed by atoms with Crippen LogP contribution in [0, 0.1) is 9.81 Å². The van der Waals surface area contributed by atoms with E-state index in [-0.39, 0.29) is 5.91 Å². The monoisotopic (exact) mass is 357 g/mol. The van der Waals surface area contributed by atoms with Gasteiger partial charge in [0.15, 0.2) is 0 Å². The summed E-state index contributed by atoms with van der Waals surface area (Å²) in [6, 6.07) is 10.1. The first-order valence-electron chi connectivity index (χ1n) is 5.23. The van der Waals surface area contributed by atoms with E-state index in [0.29, 0.717) is 6.54 Å². The fourth-order valence-electron chi connectivity index (χ4n) is 1.54. The number of carbonyl (C=O) groups excluding carboxylic acids is 1. The van der Waals surface area contributed by atoms with Gasteiger partial charge in [0.05, 0.1) is 8.45 Å². The van der Waals surface area contributed by atoms with Crippen molar-refractivity contribution >= 4 is 39.8 Å². The molecule has 0 aliphatic rings. The molecule has 4 heteroatoms. The Morgan fingerprint density at radius 2 is 2.24 bits per heavy atom. The van der Waals surface area contributed by atoms with Crippen LogP contribution in [0.2, 0.25) is 0 Å². The minimum atomic E-state index is -0.00864. The second kappa shape index (κ2) is 5.64. The van der Waals surface area contributed by atoms with E-state index in [1.165, 1.54) is 5.56 Å². The molecule has 0 aliphatic heterocycles. The summed E-state index contributed by atoms with van der Waals surface area (Å²) in [5.74, 6) is -0.00864. The fourth-order valence-corrected chi connectivity index (χ4v) is 2.86. The Hall–Kier alpha value is -0.880. The molecular formula is C13H12INOS. The van der Waals surface area contributed by atoms with Gasteiger partial charge in [0.2, 0.25) is 0 Å². The lowest BCUT2D eigenvalue weighted by atomic mass is 10.1. The van der Waals surface area contributed by atoms with Crippen LogP contribution >= 0.6 is 33.9 Å². The number of amides is 1. The minimum Gasteiger partial charge on any atom is -0.348 e. The SMILES string of the molecule is Cc1cccc(CNC(=O)c2csc(I)c2)c1. The third-order valence-corrected chi connectivity index (χ3v) is 4.15. The van der Waals surface area contributed by atoms with Crippen molar-refractivity contribution in [3.8, 4) is 0 Å². The quantitative estimate of drug-likeness (QED) is 0.836. The Morgan fingerprint density at radius 1 is 1.41 bits per heavy atom. The molecule has 0 fully saturated rings. The maximum Gasteiger partial charge on any atom is 0.252 e. The van der Waals surface area contributed by atoms with Gasteiger partial charge in [-0.15, -0.1) is 11.3 Å². The second-order valence-electron chi connectivity index (χ2n) is 3.81. The van der Waals surface area contributed by atoms with Crippen molar-refractivity contribution in [3.05, 3.63) is 55.3 Å². The second-order valence-corrected chi connectivity index (χ2v) is 6.62. The fraction of sp³-hybridized carbons (Fsp3) is 0.154. The zero-order valence-corrected chi connectivity index (χ0v) is 12.3. The Morgan fingerprint density at radius 3 is 2.88 bits per heavy atom. The number of thiophene rings is 1. The van der Waals surface area contributed by atoms with Crippen LogP contribution < -0.4 is 5.32 Å². The van der Waals surface area contributed by atoms with Crippen molar-refractivity contribution in [2.75, 3.05) is 0 Å². The summed E-state index contributed by atoms with van der Waals surface area (Å²) in [4.78, 5) is 11.8. The number of aryl methyl sites for hydroxylation is 1. The first-order valence-corrected chi connectivity index (χ1v) is 7.19. The Kier molecular flexibility index (Phi) is 4.17. The average Bonchev–Trinajstić information content (AvgIpc) is 2.73. The zero-order chi connectivity index (χ0) is 12.3. The van der Waals surface area contributed by atoms with Crippen molar-refractivity contribution in [2.45, 2.75) is 13.5 Å². The number of carbonyl (C=O) groups is 1. The van der Waals surface area contributed by atoms with Gasteiger partial charge in [0.25, 0.3) is 5.91 Å². The van der Waals surface area contributed by atoms with E-state index in [2.05, 4.69) is 34.0 Å². The third kappa shape index (κ3) is 3.54. The van der Waals surface area contributed by atoms with Crippen LogP contribution in [-0.4, -0.2) is 5.91 Å². The van der Waals surface area contributed by atoms with Gasteiger partial charge >= 0.3 is 0 Å². The summed E-state index contributed by atoms with van der Waals surface area (Å²) in [7, 11) is 0. The van der Waals surface area contributed by atoms with Crippen molar-refractivity contribution in [1.29, 1.82) is 0 Å². The topological polar surface area (TPSA) is 29.1 Å². The number of benzene rings is 1. The summed E-state index contributed by atoms with van der Waals surface area (Å²) < 4.78 is 1.13. The number of hydrogen-bond donors (Lipinski definition) is 1. The number of nitrogens with one attached hydrogen (secondary N) is 1. The molecule has 2 rings (SSSR count). The highest BCUT2D eigenvalue weighted by atomic mass is 127. The van der Waals surface area contributed by atoms with E-state index in [0.717, 1.165) is 14.0 Å². The Bertz CT molecular complexity index is 536. The highest BCUT2D eigenvalue weighted by Gasteiger charge is 2.07. The summed E-state index contributed by atoms with van der Waals surface area (Å²) in [6.07, 6.45) is 0. The van der Waals surface area contributed by atoms with Crippen molar-refractivity contribution in [1.82, 2.24) is 5.32 Å². The van der Waals surface area contributed by atoms with Crippen LogP contribution in [0.3, 0.4) is 0 Å². The van der Waals surface area contributed by atoms with Gasteiger partial charge in [-0.2, -0.15) is 0 Å². The molecule has 0 saturated carbocycles. The van der Waals surface area contributed by atoms with Gasteiger partial charge in [0.1, 0.15) is 0 Å². The third-order valence-electron chi connectivity index (χ3n) is 2.37. The molecule has 1 aromatic heterocycles. The molecule has 0 saturated heterocycles. The molecule has 0 aliphatic carbocycles. The van der Waals surface area contributed by atoms with Crippen LogP contribution in [0.25, 0.3) is 0 Å². The molecule has 0 unspecified atom stereocenters. The summed E-state index contributed by atoms with van der Waals surface area (Å²) >= 11 is 3.80. The maximum absolute atomic E-state index is 11.8. The summed E-state index contributed by atoms with van der Waals surface area (Å²) in [5.41, 5.74) is 3.08. The van der Waals surface area contributed by atoms with Crippen LogP contribution in [0.4, 0.5) is 0 Å². The van der Waals surface area contributed by atoms with E-state index in [1.54, 1.807) is 11.3 Å². The molecule has 2 aromatic rings. The first kappa shape index (κ1) is 12.6. The Balaban J connectivity index is 1.97. The number of halogens is 1. The predicted octanol–water partition coefficient (Wildman–Crippen LogP) is 3.59. The van der Waals surface area contributed by atoms with Gasteiger partial charge in [-0.25, -0.2) is 0 Å². The molecule has 0 bridgehead atoms. The van der Waals surface area contributed by atoms with Crippen molar-refractivity contribution in [2.24, 2.45) is 0 Å². The standard InChI is InChI=1S/C13H12INOS/c1-9-3-2-4-10(5-9)7-15-13(16)11-6-12(14)17-8-11/h2-6,8H,7H2,1H3,(H,15,16). The van der Waals surface area contributed by atoms with Gasteiger partial charge in [0, 0.05) is 11.9 Å². The summed E-state index contributed by atoms with van der Waals surface area (Å²) in [6.45, 7) is 2.62. The van der Waals surface area contributed by atoms with E-state index >= 15 is 0 Å². The molecule has 88 valence electrons. The molecule has 0 atom stereocenters. The highest BCUT2D eigenvalue weighted by molar-refractivity contribution is 14.1. The maximum atomic E-state index is 11.8. The minimum absolute atomic E-state index is 0.00864. The average molecular weight is 357 g/mol. The largest absolute Gasteiger partial charge is 0.348 e. The lowest BCUT2D eigenvalue weighted by molar-refractivity contribution is 0.0951. The normalized spacial score (nSPS) is 10.2. The lowest BCUT2D eigenvalue weighted by Gasteiger charge is -2.04. The van der Waals surface area contributed by atoms with Crippen molar-refractivity contribution in [3.63, 3.8) is 0 Å². The molecule has 1 aromatic carbocycles. The molecule has 1 amide bonds.